The number of ether oxygens (including phenoxy) is 1. The maximum Gasteiger partial charge on any atom is 0.276 e. The number of nitrogens with zero attached hydrogens (tertiary/aromatic N) is 2. The van der Waals surface area contributed by atoms with E-state index in [0.29, 0.717) is 18.3 Å². The van der Waals surface area contributed by atoms with Gasteiger partial charge in [0, 0.05) is 24.9 Å². The van der Waals surface area contributed by atoms with E-state index in [1.54, 1.807) is 19.4 Å². The Labute approximate surface area is 163 Å². The lowest BCUT2D eigenvalue weighted by Gasteiger charge is -2.18. The highest BCUT2D eigenvalue weighted by atomic mass is 16.5. The molecule has 0 saturated carbocycles. The third kappa shape index (κ3) is 3.92. The lowest BCUT2D eigenvalue weighted by molar-refractivity contribution is -0.115. The molecule has 0 fully saturated rings. The maximum atomic E-state index is 12.4. The highest BCUT2D eigenvalue weighted by Crippen LogP contribution is 2.19. The molecule has 3 aromatic rings. The first-order valence-electron chi connectivity index (χ1n) is 8.99. The van der Waals surface area contributed by atoms with Gasteiger partial charge in [-0.3, -0.25) is 15.1 Å². The highest BCUT2D eigenvalue weighted by Gasteiger charge is 2.23. The zero-order valence-electron chi connectivity index (χ0n) is 15.4. The van der Waals surface area contributed by atoms with Crippen molar-refractivity contribution in [3.63, 3.8) is 0 Å². The summed E-state index contributed by atoms with van der Waals surface area (Å²) in [5.41, 5.74) is 2.33. The monoisotopic (exact) mass is 372 g/mol. The number of carbonyl (C=O) groups excluding carboxylic acids is 1. The summed E-state index contributed by atoms with van der Waals surface area (Å²) in [5.74, 6) is 0.189. The fourth-order valence-corrected chi connectivity index (χ4v) is 3.12. The molecule has 1 aromatic heterocycles. The van der Waals surface area contributed by atoms with Gasteiger partial charge in [-0.25, -0.2) is 4.99 Å². The van der Waals surface area contributed by atoms with E-state index in [1.165, 1.54) is 0 Å². The van der Waals surface area contributed by atoms with E-state index in [1.807, 2.05) is 60.8 Å². The molecule has 2 heterocycles. The molecule has 140 valence electrons. The topological polar surface area (TPSA) is 75.6 Å². The SMILES string of the molecule is COCC(NC1=N/C(=C\c2ccc3cnccc3c2)C(=O)N1)c1ccccc1. The molecule has 28 heavy (non-hydrogen) atoms. The van der Waals surface area contributed by atoms with Crippen LogP contribution in [0.1, 0.15) is 17.2 Å². The second kappa shape index (κ2) is 8.02. The summed E-state index contributed by atoms with van der Waals surface area (Å²) in [4.78, 5) is 20.9. The van der Waals surface area contributed by atoms with Gasteiger partial charge in [-0.15, -0.1) is 0 Å². The van der Waals surface area contributed by atoms with Crippen LogP contribution in [0, 0.1) is 0 Å². The summed E-state index contributed by atoms with van der Waals surface area (Å²) >= 11 is 0. The van der Waals surface area contributed by atoms with E-state index < -0.39 is 0 Å². The Morgan fingerprint density at radius 1 is 1.14 bits per heavy atom. The summed E-state index contributed by atoms with van der Waals surface area (Å²) in [6, 6.07) is 17.7. The molecule has 1 amide bonds. The zero-order valence-corrected chi connectivity index (χ0v) is 15.4. The number of methoxy groups -OCH3 is 1. The van der Waals surface area contributed by atoms with E-state index in [4.69, 9.17) is 4.74 Å². The smallest absolute Gasteiger partial charge is 0.276 e. The van der Waals surface area contributed by atoms with E-state index >= 15 is 0 Å². The van der Waals surface area contributed by atoms with Crippen molar-refractivity contribution < 1.29 is 9.53 Å². The standard InChI is InChI=1S/C22H20N4O2/c1-28-14-20(16-5-3-2-4-6-16)25-22-24-19(21(27)26-22)12-15-7-8-18-13-23-10-9-17(18)11-15/h2-13,20H,14H2,1H3,(H2,24,25,26,27)/b19-12-. The van der Waals surface area contributed by atoms with Gasteiger partial charge in [-0.05, 0) is 34.7 Å². The number of hydrogen-bond donors (Lipinski definition) is 2. The fourth-order valence-electron chi connectivity index (χ4n) is 3.12. The van der Waals surface area contributed by atoms with E-state index in [2.05, 4.69) is 20.6 Å². The molecule has 1 aliphatic rings. The van der Waals surface area contributed by atoms with Crippen molar-refractivity contribution >= 4 is 28.7 Å². The van der Waals surface area contributed by atoms with Gasteiger partial charge in [0.2, 0.25) is 5.96 Å². The van der Waals surface area contributed by atoms with Gasteiger partial charge in [0.15, 0.2) is 0 Å². The van der Waals surface area contributed by atoms with Crippen LogP contribution in [0.4, 0.5) is 0 Å². The summed E-state index contributed by atoms with van der Waals surface area (Å²) < 4.78 is 5.31. The van der Waals surface area contributed by atoms with Gasteiger partial charge in [-0.2, -0.15) is 0 Å². The Morgan fingerprint density at radius 3 is 2.82 bits per heavy atom. The first-order chi connectivity index (χ1) is 13.7. The lowest BCUT2D eigenvalue weighted by atomic mass is 10.1. The number of hydrogen-bond acceptors (Lipinski definition) is 5. The Kier molecular flexibility index (Phi) is 5.12. The molecule has 6 nitrogen and oxygen atoms in total. The number of guanidine groups is 1. The third-order valence-electron chi connectivity index (χ3n) is 4.51. The Morgan fingerprint density at radius 2 is 2.00 bits per heavy atom. The quantitative estimate of drug-likeness (QED) is 0.675. The second-order valence-corrected chi connectivity index (χ2v) is 6.49. The molecule has 0 saturated heterocycles. The van der Waals surface area contributed by atoms with Crippen LogP contribution in [0.15, 0.2) is 77.7 Å². The van der Waals surface area contributed by atoms with E-state index in [0.717, 1.165) is 21.9 Å². The van der Waals surface area contributed by atoms with Crippen LogP contribution >= 0.6 is 0 Å². The molecular formula is C22H20N4O2. The molecule has 0 spiro atoms. The minimum Gasteiger partial charge on any atom is -0.382 e. The zero-order chi connectivity index (χ0) is 19.3. The second-order valence-electron chi connectivity index (χ2n) is 6.49. The van der Waals surface area contributed by atoms with Crippen molar-refractivity contribution in [3.8, 4) is 0 Å². The molecule has 0 bridgehead atoms. The van der Waals surface area contributed by atoms with Crippen molar-refractivity contribution in [2.75, 3.05) is 13.7 Å². The molecule has 1 aliphatic heterocycles. The molecule has 6 heteroatoms. The Hall–Kier alpha value is -3.51. The largest absolute Gasteiger partial charge is 0.382 e. The summed E-state index contributed by atoms with van der Waals surface area (Å²) in [5, 5.41) is 8.16. The first-order valence-corrected chi connectivity index (χ1v) is 8.99. The van der Waals surface area contributed by atoms with Gasteiger partial charge in [0.25, 0.3) is 5.91 Å². The molecule has 4 rings (SSSR count). The van der Waals surface area contributed by atoms with Crippen molar-refractivity contribution in [2.45, 2.75) is 6.04 Å². The maximum absolute atomic E-state index is 12.4. The summed E-state index contributed by atoms with van der Waals surface area (Å²) in [6.45, 7) is 0.455. The molecule has 1 unspecified atom stereocenters. The van der Waals surface area contributed by atoms with Crippen molar-refractivity contribution in [1.29, 1.82) is 0 Å². The lowest BCUT2D eigenvalue weighted by Crippen LogP contribution is -2.39. The third-order valence-corrected chi connectivity index (χ3v) is 4.51. The average Bonchev–Trinajstić information content (AvgIpc) is 3.07. The van der Waals surface area contributed by atoms with Crippen LogP contribution in [0.5, 0.6) is 0 Å². The summed E-state index contributed by atoms with van der Waals surface area (Å²) in [7, 11) is 1.65. The van der Waals surface area contributed by atoms with Crippen molar-refractivity contribution in [3.05, 3.63) is 83.8 Å². The normalized spacial score (nSPS) is 16.1. The van der Waals surface area contributed by atoms with E-state index in [-0.39, 0.29) is 11.9 Å². The van der Waals surface area contributed by atoms with Crippen LogP contribution in [-0.2, 0) is 9.53 Å². The number of nitrogens with one attached hydrogen (secondary N) is 2. The van der Waals surface area contributed by atoms with Gasteiger partial charge in [0.05, 0.1) is 12.6 Å². The van der Waals surface area contributed by atoms with Crippen molar-refractivity contribution in [2.24, 2.45) is 4.99 Å². The number of rotatable bonds is 5. The number of aliphatic imine (C=N–C) groups is 1. The van der Waals surface area contributed by atoms with Gasteiger partial charge >= 0.3 is 0 Å². The molecule has 1 atom stereocenters. The summed E-state index contributed by atoms with van der Waals surface area (Å²) in [6.07, 6.45) is 5.34. The van der Waals surface area contributed by atoms with Gasteiger partial charge < -0.3 is 10.1 Å². The van der Waals surface area contributed by atoms with Gasteiger partial charge in [-0.1, -0.05) is 42.5 Å². The first kappa shape index (κ1) is 17.9. The number of fused-ring (bicyclic) bond motifs is 1. The number of amides is 1. The van der Waals surface area contributed by atoms with Crippen molar-refractivity contribution in [1.82, 2.24) is 15.6 Å². The van der Waals surface area contributed by atoms with Crippen LogP contribution in [0.3, 0.4) is 0 Å². The minimum absolute atomic E-state index is 0.113. The van der Waals surface area contributed by atoms with Crippen LogP contribution < -0.4 is 10.6 Å². The molecule has 0 aliphatic carbocycles. The molecular weight excluding hydrogens is 352 g/mol. The highest BCUT2D eigenvalue weighted by molar-refractivity contribution is 6.13. The fraction of sp³-hybridized carbons (Fsp3) is 0.136. The predicted molar refractivity (Wildman–Crippen MR) is 109 cm³/mol. The Bertz CT molecular complexity index is 1060. The number of benzene rings is 2. The predicted octanol–water partition coefficient (Wildman–Crippen LogP) is 3.04. The minimum atomic E-state index is -0.235. The number of aromatic nitrogens is 1. The molecule has 2 aromatic carbocycles. The number of pyridine rings is 1. The molecule has 0 radical (unpaired) electrons. The number of carbonyl (C=O) groups is 1. The van der Waals surface area contributed by atoms with Crippen LogP contribution in [-0.4, -0.2) is 30.6 Å². The molecule has 2 N–H and O–H groups in total. The van der Waals surface area contributed by atoms with E-state index in [9.17, 15) is 4.79 Å². The Balaban J connectivity index is 1.57. The van der Waals surface area contributed by atoms with Gasteiger partial charge in [0.1, 0.15) is 5.70 Å². The average molecular weight is 372 g/mol. The van der Waals surface area contributed by atoms with Crippen LogP contribution in [0.25, 0.3) is 16.8 Å². The van der Waals surface area contributed by atoms with Crippen LogP contribution in [0.2, 0.25) is 0 Å².